The third-order valence-corrected chi connectivity index (χ3v) is 6.08. The lowest BCUT2D eigenvalue weighted by molar-refractivity contribution is -0.139. The van der Waals surface area contributed by atoms with Crippen molar-refractivity contribution in [1.82, 2.24) is 14.9 Å². The lowest BCUT2D eigenvalue weighted by Gasteiger charge is -2.24. The topological polar surface area (TPSA) is 105 Å². The van der Waals surface area contributed by atoms with Crippen LogP contribution >= 0.6 is 0 Å². The smallest absolute Gasteiger partial charge is 0.309 e. The number of amides is 2. The number of methoxy groups -OCH3 is 1. The fourth-order valence-electron chi connectivity index (χ4n) is 2.83. The molecule has 2 rings (SSSR count). The molecule has 0 radical (unpaired) electrons. The second-order valence-corrected chi connectivity index (χ2v) is 8.32. The van der Waals surface area contributed by atoms with Crippen molar-refractivity contribution in [1.29, 1.82) is 0 Å². The van der Waals surface area contributed by atoms with Gasteiger partial charge >= 0.3 is 11.8 Å². The normalized spacial score (nSPS) is 17.9. The molecule has 0 bridgehead atoms. The van der Waals surface area contributed by atoms with Gasteiger partial charge in [-0.2, -0.15) is 4.31 Å². The van der Waals surface area contributed by atoms with Crippen LogP contribution in [0, 0.1) is 0 Å². The molecule has 1 unspecified atom stereocenters. The number of carbonyl (C=O) groups is 2. The third-order valence-electron chi connectivity index (χ3n) is 4.11. The highest BCUT2D eigenvalue weighted by molar-refractivity contribution is 7.89. The minimum absolute atomic E-state index is 0.0970. The Morgan fingerprint density at radius 1 is 1.23 bits per heavy atom. The average molecular weight is 383 g/mol. The van der Waals surface area contributed by atoms with Crippen LogP contribution < -0.4 is 15.4 Å². The Morgan fingerprint density at radius 3 is 2.46 bits per heavy atom. The molecule has 0 spiro atoms. The van der Waals surface area contributed by atoms with Crippen molar-refractivity contribution in [3.63, 3.8) is 0 Å². The van der Waals surface area contributed by atoms with Crippen molar-refractivity contribution in [3.8, 4) is 5.75 Å². The van der Waals surface area contributed by atoms with Crippen LogP contribution in [0.5, 0.6) is 5.75 Å². The zero-order chi connectivity index (χ0) is 19.3. The summed E-state index contributed by atoms with van der Waals surface area (Å²) in [5.41, 5.74) is 0. The monoisotopic (exact) mass is 383 g/mol. The number of carbonyl (C=O) groups excluding carboxylic acids is 2. The van der Waals surface area contributed by atoms with E-state index in [2.05, 4.69) is 10.6 Å². The van der Waals surface area contributed by atoms with Crippen molar-refractivity contribution in [2.24, 2.45) is 0 Å². The Hall–Kier alpha value is -2.13. The Kier molecular flexibility index (Phi) is 6.60. The van der Waals surface area contributed by atoms with Gasteiger partial charge in [-0.05, 0) is 51.0 Å². The second kappa shape index (κ2) is 8.50. The van der Waals surface area contributed by atoms with Gasteiger partial charge < -0.3 is 15.4 Å². The van der Waals surface area contributed by atoms with E-state index in [1.165, 1.54) is 23.5 Å². The maximum atomic E-state index is 12.9. The van der Waals surface area contributed by atoms with Crippen LogP contribution in [0.4, 0.5) is 0 Å². The summed E-state index contributed by atoms with van der Waals surface area (Å²) in [5, 5.41) is 5.03. The summed E-state index contributed by atoms with van der Waals surface area (Å²) < 4.78 is 32.2. The van der Waals surface area contributed by atoms with E-state index in [1.54, 1.807) is 26.0 Å². The summed E-state index contributed by atoms with van der Waals surface area (Å²) in [4.78, 5) is 23.7. The average Bonchev–Trinajstić information content (AvgIpc) is 3.08. The van der Waals surface area contributed by atoms with Gasteiger partial charge in [0.05, 0.1) is 12.0 Å². The van der Waals surface area contributed by atoms with E-state index in [0.717, 1.165) is 0 Å². The number of nitrogens with zero attached hydrogens (tertiary/aromatic N) is 1. The molecule has 1 saturated heterocycles. The Labute approximate surface area is 153 Å². The fourth-order valence-corrected chi connectivity index (χ4v) is 4.52. The molecule has 8 nitrogen and oxygen atoms in total. The maximum Gasteiger partial charge on any atom is 0.309 e. The van der Waals surface area contributed by atoms with Gasteiger partial charge in [-0.3, -0.25) is 9.59 Å². The van der Waals surface area contributed by atoms with Crippen molar-refractivity contribution >= 4 is 21.8 Å². The molecule has 1 aromatic rings. The summed E-state index contributed by atoms with van der Waals surface area (Å²) in [7, 11) is -2.16. The maximum absolute atomic E-state index is 12.9. The first-order valence-electron chi connectivity index (χ1n) is 8.50. The Morgan fingerprint density at radius 2 is 1.88 bits per heavy atom. The van der Waals surface area contributed by atoms with Gasteiger partial charge in [0, 0.05) is 25.2 Å². The zero-order valence-electron chi connectivity index (χ0n) is 15.2. The van der Waals surface area contributed by atoms with E-state index in [4.69, 9.17) is 4.74 Å². The van der Waals surface area contributed by atoms with Gasteiger partial charge in [0.25, 0.3) is 0 Å². The number of ether oxygens (including phenoxy) is 1. The first-order valence-corrected chi connectivity index (χ1v) is 9.94. The third kappa shape index (κ3) is 4.73. The molecule has 1 heterocycles. The Balaban J connectivity index is 2.04. The predicted molar refractivity (Wildman–Crippen MR) is 96.2 cm³/mol. The second-order valence-electron chi connectivity index (χ2n) is 6.43. The minimum atomic E-state index is -3.67. The molecular formula is C17H25N3O5S. The minimum Gasteiger partial charge on any atom is -0.497 e. The molecule has 9 heteroatoms. The number of nitrogens with one attached hydrogen (secondary N) is 2. The molecule has 2 amide bonds. The van der Waals surface area contributed by atoms with Crippen molar-refractivity contribution in [2.45, 2.75) is 43.7 Å². The van der Waals surface area contributed by atoms with E-state index in [9.17, 15) is 18.0 Å². The molecule has 2 N–H and O–H groups in total. The zero-order valence-corrected chi connectivity index (χ0v) is 16.0. The number of sulfonamides is 1. The first kappa shape index (κ1) is 20.2. The van der Waals surface area contributed by atoms with Gasteiger partial charge in [-0.1, -0.05) is 0 Å². The number of hydrogen-bond donors (Lipinski definition) is 2. The predicted octanol–water partition coefficient (Wildman–Crippen LogP) is 0.489. The largest absolute Gasteiger partial charge is 0.497 e. The van der Waals surface area contributed by atoms with E-state index in [1.807, 2.05) is 0 Å². The summed E-state index contributed by atoms with van der Waals surface area (Å²) >= 11 is 0. The molecule has 0 saturated carbocycles. The molecule has 1 fully saturated rings. The van der Waals surface area contributed by atoms with Crippen LogP contribution in [0.2, 0.25) is 0 Å². The van der Waals surface area contributed by atoms with Crippen LogP contribution in [-0.4, -0.2) is 56.8 Å². The molecular weight excluding hydrogens is 358 g/mol. The lowest BCUT2D eigenvalue weighted by Crippen LogP contribution is -2.48. The molecule has 26 heavy (non-hydrogen) atoms. The highest BCUT2D eigenvalue weighted by Crippen LogP contribution is 2.26. The molecule has 1 aromatic carbocycles. The number of hydrogen-bond acceptors (Lipinski definition) is 5. The van der Waals surface area contributed by atoms with E-state index in [0.29, 0.717) is 25.1 Å². The van der Waals surface area contributed by atoms with Crippen molar-refractivity contribution in [3.05, 3.63) is 24.3 Å². The molecule has 0 aliphatic carbocycles. The number of benzene rings is 1. The number of rotatable bonds is 6. The summed E-state index contributed by atoms with van der Waals surface area (Å²) in [5.74, 6) is -0.902. The van der Waals surface area contributed by atoms with Crippen molar-refractivity contribution < 1.29 is 22.7 Å². The molecule has 144 valence electrons. The molecule has 1 aliphatic heterocycles. The van der Waals surface area contributed by atoms with Gasteiger partial charge in [0.1, 0.15) is 5.75 Å². The standard InChI is InChI=1S/C17H25N3O5S/c1-12(2)19-17(22)16(21)18-11-13-5-4-10-20(13)26(23,24)15-8-6-14(25-3)7-9-15/h6-9,12-13H,4-5,10-11H2,1-3H3,(H,18,21)(H,19,22). The van der Waals surface area contributed by atoms with E-state index < -0.39 is 21.8 Å². The van der Waals surface area contributed by atoms with Crippen LogP contribution in [0.25, 0.3) is 0 Å². The van der Waals surface area contributed by atoms with Crippen LogP contribution in [-0.2, 0) is 19.6 Å². The van der Waals surface area contributed by atoms with Gasteiger partial charge in [-0.25, -0.2) is 8.42 Å². The molecule has 1 atom stereocenters. The van der Waals surface area contributed by atoms with E-state index in [-0.39, 0.29) is 23.5 Å². The van der Waals surface area contributed by atoms with Crippen LogP contribution in [0.1, 0.15) is 26.7 Å². The SMILES string of the molecule is COc1ccc(S(=O)(=O)N2CCCC2CNC(=O)C(=O)NC(C)C)cc1. The molecule has 1 aliphatic rings. The van der Waals surface area contributed by atoms with Crippen molar-refractivity contribution in [2.75, 3.05) is 20.2 Å². The van der Waals surface area contributed by atoms with Crippen LogP contribution in [0.3, 0.4) is 0 Å². The lowest BCUT2D eigenvalue weighted by atomic mass is 10.2. The quantitative estimate of drug-likeness (QED) is 0.696. The fraction of sp³-hybridized carbons (Fsp3) is 0.529. The summed E-state index contributed by atoms with van der Waals surface area (Å²) in [6.45, 7) is 3.99. The van der Waals surface area contributed by atoms with Crippen LogP contribution in [0.15, 0.2) is 29.2 Å². The summed E-state index contributed by atoms with van der Waals surface area (Å²) in [6.07, 6.45) is 1.33. The van der Waals surface area contributed by atoms with Gasteiger partial charge in [-0.15, -0.1) is 0 Å². The first-order chi connectivity index (χ1) is 12.3. The highest BCUT2D eigenvalue weighted by atomic mass is 32.2. The summed E-state index contributed by atoms with van der Waals surface area (Å²) in [6, 6.07) is 5.66. The Bertz CT molecular complexity index is 746. The van der Waals surface area contributed by atoms with Gasteiger partial charge in [0.15, 0.2) is 0 Å². The van der Waals surface area contributed by atoms with Gasteiger partial charge in [0.2, 0.25) is 10.0 Å². The highest BCUT2D eigenvalue weighted by Gasteiger charge is 2.35. The molecule has 0 aromatic heterocycles. The van der Waals surface area contributed by atoms with E-state index >= 15 is 0 Å².